The van der Waals surface area contributed by atoms with Crippen molar-refractivity contribution in [1.82, 2.24) is 5.43 Å². The van der Waals surface area contributed by atoms with E-state index in [1.54, 1.807) is 0 Å². The Balaban J connectivity index is 3.57. The summed E-state index contributed by atoms with van der Waals surface area (Å²) in [6.07, 6.45) is 3.51. The first-order chi connectivity index (χ1) is 6.06. The number of hydrazine groups is 1. The molecule has 0 spiro atoms. The zero-order valence-corrected chi connectivity index (χ0v) is 8.88. The highest BCUT2D eigenvalue weighted by Gasteiger charge is 2.01. The standard InChI is InChI=1S/C9H22N4/c1-7(2)5-4-6-8(3)12-9(10)13-11/h7-8H,4-6,11H2,1-3H3,(H3,10,12,13). The SMILES string of the molecule is CC(C)CCCC(C)N=C(N)NN. The van der Waals surface area contributed by atoms with Crippen LogP contribution in [0.5, 0.6) is 0 Å². The molecule has 0 aromatic carbocycles. The highest BCUT2D eigenvalue weighted by Crippen LogP contribution is 2.09. The molecular weight excluding hydrogens is 164 g/mol. The Morgan fingerprint density at radius 1 is 1.31 bits per heavy atom. The molecule has 5 N–H and O–H groups in total. The van der Waals surface area contributed by atoms with Crippen molar-refractivity contribution in [3.63, 3.8) is 0 Å². The van der Waals surface area contributed by atoms with Crippen molar-refractivity contribution in [3.8, 4) is 0 Å². The lowest BCUT2D eigenvalue weighted by Gasteiger charge is -2.08. The smallest absolute Gasteiger partial charge is 0.203 e. The summed E-state index contributed by atoms with van der Waals surface area (Å²) in [5.74, 6) is 6.17. The minimum Gasteiger partial charge on any atom is -0.369 e. The van der Waals surface area contributed by atoms with E-state index in [0.717, 1.165) is 12.3 Å². The number of aliphatic imine (C=N–C) groups is 1. The predicted molar refractivity (Wildman–Crippen MR) is 57.1 cm³/mol. The van der Waals surface area contributed by atoms with Crippen LogP contribution in [-0.4, -0.2) is 12.0 Å². The molecule has 1 atom stereocenters. The van der Waals surface area contributed by atoms with Crippen molar-refractivity contribution < 1.29 is 0 Å². The summed E-state index contributed by atoms with van der Waals surface area (Å²) in [5, 5.41) is 0. The number of nitrogens with zero attached hydrogens (tertiary/aromatic N) is 1. The van der Waals surface area contributed by atoms with Crippen molar-refractivity contribution in [1.29, 1.82) is 0 Å². The molecule has 0 fully saturated rings. The van der Waals surface area contributed by atoms with Gasteiger partial charge in [0.15, 0.2) is 0 Å². The van der Waals surface area contributed by atoms with Gasteiger partial charge in [0.2, 0.25) is 5.96 Å². The predicted octanol–water partition coefficient (Wildman–Crippen LogP) is 0.979. The summed E-state index contributed by atoms with van der Waals surface area (Å²) >= 11 is 0. The quantitative estimate of drug-likeness (QED) is 0.259. The second kappa shape index (κ2) is 6.71. The molecule has 0 rings (SSSR count). The molecule has 0 aliphatic heterocycles. The fourth-order valence-corrected chi connectivity index (χ4v) is 1.16. The fourth-order valence-electron chi connectivity index (χ4n) is 1.16. The summed E-state index contributed by atoms with van der Waals surface area (Å²) in [5.41, 5.74) is 7.74. The third kappa shape index (κ3) is 7.59. The second-order valence-electron chi connectivity index (χ2n) is 3.83. The minimum atomic E-state index is 0.259. The average Bonchev–Trinajstić information content (AvgIpc) is 2.03. The van der Waals surface area contributed by atoms with Crippen molar-refractivity contribution >= 4 is 5.96 Å². The van der Waals surface area contributed by atoms with E-state index in [2.05, 4.69) is 24.3 Å². The molecular formula is C9H22N4. The van der Waals surface area contributed by atoms with Gasteiger partial charge in [0, 0.05) is 0 Å². The lowest BCUT2D eigenvalue weighted by Crippen LogP contribution is -2.37. The monoisotopic (exact) mass is 186 g/mol. The Bertz CT molecular complexity index is 154. The van der Waals surface area contributed by atoms with Gasteiger partial charge in [-0.05, 0) is 19.3 Å². The van der Waals surface area contributed by atoms with E-state index in [1.165, 1.54) is 12.8 Å². The topological polar surface area (TPSA) is 76.4 Å². The molecule has 13 heavy (non-hydrogen) atoms. The summed E-state index contributed by atoms with van der Waals surface area (Å²) in [7, 11) is 0. The van der Waals surface area contributed by atoms with Crippen LogP contribution >= 0.6 is 0 Å². The van der Waals surface area contributed by atoms with Crippen LogP contribution in [0, 0.1) is 5.92 Å². The van der Waals surface area contributed by atoms with E-state index in [0.29, 0.717) is 5.96 Å². The summed E-state index contributed by atoms with van der Waals surface area (Å²) < 4.78 is 0. The lowest BCUT2D eigenvalue weighted by atomic mass is 10.0. The van der Waals surface area contributed by atoms with Gasteiger partial charge in [-0.3, -0.25) is 5.43 Å². The number of rotatable bonds is 5. The number of guanidine groups is 1. The van der Waals surface area contributed by atoms with Gasteiger partial charge < -0.3 is 5.73 Å². The molecule has 0 aromatic heterocycles. The Kier molecular flexibility index (Phi) is 6.32. The van der Waals surface area contributed by atoms with Crippen LogP contribution < -0.4 is 17.0 Å². The maximum absolute atomic E-state index is 5.42. The molecule has 4 heteroatoms. The van der Waals surface area contributed by atoms with Crippen LogP contribution in [0.1, 0.15) is 40.0 Å². The Hall–Kier alpha value is -0.770. The van der Waals surface area contributed by atoms with Crippen molar-refractivity contribution in [2.75, 3.05) is 0 Å². The van der Waals surface area contributed by atoms with Gasteiger partial charge in [0.25, 0.3) is 0 Å². The largest absolute Gasteiger partial charge is 0.369 e. The van der Waals surface area contributed by atoms with Gasteiger partial charge in [-0.15, -0.1) is 0 Å². The van der Waals surface area contributed by atoms with E-state index in [9.17, 15) is 0 Å². The minimum absolute atomic E-state index is 0.259. The second-order valence-corrected chi connectivity index (χ2v) is 3.83. The highest BCUT2D eigenvalue weighted by molar-refractivity contribution is 5.77. The number of hydrogen-bond acceptors (Lipinski definition) is 2. The lowest BCUT2D eigenvalue weighted by molar-refractivity contribution is 0.511. The molecule has 78 valence electrons. The van der Waals surface area contributed by atoms with Gasteiger partial charge >= 0.3 is 0 Å². The molecule has 0 saturated carbocycles. The van der Waals surface area contributed by atoms with Gasteiger partial charge in [-0.2, -0.15) is 0 Å². The van der Waals surface area contributed by atoms with Crippen molar-refractivity contribution in [2.45, 2.75) is 46.1 Å². The molecule has 0 aromatic rings. The van der Waals surface area contributed by atoms with Crippen molar-refractivity contribution in [2.24, 2.45) is 22.5 Å². The molecule has 1 unspecified atom stereocenters. The zero-order valence-electron chi connectivity index (χ0n) is 8.88. The molecule has 0 amide bonds. The normalized spacial score (nSPS) is 14.7. The van der Waals surface area contributed by atoms with Crippen LogP contribution in [-0.2, 0) is 0 Å². The summed E-state index contributed by atoms with van der Waals surface area (Å²) in [6.45, 7) is 6.50. The zero-order chi connectivity index (χ0) is 10.3. The van der Waals surface area contributed by atoms with Gasteiger partial charge in [0.05, 0.1) is 6.04 Å². The molecule has 0 radical (unpaired) electrons. The van der Waals surface area contributed by atoms with E-state index in [-0.39, 0.29) is 6.04 Å². The van der Waals surface area contributed by atoms with E-state index in [4.69, 9.17) is 11.6 Å². The molecule has 4 nitrogen and oxygen atoms in total. The molecule has 0 bridgehead atoms. The van der Waals surface area contributed by atoms with E-state index < -0.39 is 0 Å². The first-order valence-corrected chi connectivity index (χ1v) is 4.86. The third-order valence-electron chi connectivity index (χ3n) is 1.91. The van der Waals surface area contributed by atoms with Crippen LogP contribution in [0.15, 0.2) is 4.99 Å². The van der Waals surface area contributed by atoms with Crippen molar-refractivity contribution in [3.05, 3.63) is 0 Å². The molecule has 0 aliphatic carbocycles. The molecule has 0 saturated heterocycles. The van der Waals surface area contributed by atoms with Gasteiger partial charge in [-0.25, -0.2) is 10.8 Å². The number of hydrogen-bond donors (Lipinski definition) is 3. The average molecular weight is 186 g/mol. The van der Waals surface area contributed by atoms with Crippen LogP contribution in [0.4, 0.5) is 0 Å². The number of nitrogens with one attached hydrogen (secondary N) is 1. The van der Waals surface area contributed by atoms with Gasteiger partial charge in [0.1, 0.15) is 0 Å². The highest BCUT2D eigenvalue weighted by atomic mass is 15.3. The Labute approximate surface area is 80.8 Å². The summed E-state index contributed by atoms with van der Waals surface area (Å²) in [6, 6.07) is 0.259. The molecule has 0 heterocycles. The maximum atomic E-state index is 5.42. The summed E-state index contributed by atoms with van der Waals surface area (Å²) in [4.78, 5) is 4.15. The van der Waals surface area contributed by atoms with Crippen LogP contribution in [0.2, 0.25) is 0 Å². The molecule has 0 aliphatic rings. The van der Waals surface area contributed by atoms with Crippen LogP contribution in [0.25, 0.3) is 0 Å². The number of nitrogens with two attached hydrogens (primary N) is 2. The van der Waals surface area contributed by atoms with Gasteiger partial charge in [-0.1, -0.05) is 26.7 Å². The van der Waals surface area contributed by atoms with E-state index >= 15 is 0 Å². The Morgan fingerprint density at radius 3 is 2.38 bits per heavy atom. The first kappa shape index (κ1) is 12.2. The maximum Gasteiger partial charge on any atom is 0.203 e. The van der Waals surface area contributed by atoms with E-state index in [1.807, 2.05) is 6.92 Å². The Morgan fingerprint density at radius 2 is 1.92 bits per heavy atom. The third-order valence-corrected chi connectivity index (χ3v) is 1.91. The first-order valence-electron chi connectivity index (χ1n) is 4.86. The van der Waals surface area contributed by atoms with Crippen LogP contribution in [0.3, 0.4) is 0 Å². The fraction of sp³-hybridized carbons (Fsp3) is 0.889.